The van der Waals surface area contributed by atoms with Gasteiger partial charge in [-0.15, -0.1) is 0 Å². The molecular weight excluding hydrogens is 280 g/mol. The molecule has 0 atom stereocenters. The molecule has 1 aromatic heterocycles. The van der Waals surface area contributed by atoms with Gasteiger partial charge in [0.2, 0.25) is 0 Å². The molecule has 5 nitrogen and oxygen atoms in total. The van der Waals surface area contributed by atoms with Crippen molar-refractivity contribution in [2.45, 2.75) is 6.54 Å². The van der Waals surface area contributed by atoms with Crippen LogP contribution < -0.4 is 10.6 Å². The second-order valence-corrected chi connectivity index (χ2v) is 4.09. The van der Waals surface area contributed by atoms with Gasteiger partial charge in [0.05, 0.1) is 0 Å². The number of anilines is 1. The molecule has 1 aromatic carbocycles. The number of benzene rings is 1. The zero-order chi connectivity index (χ0) is 15.2. The van der Waals surface area contributed by atoms with E-state index in [0.29, 0.717) is 5.56 Å². The van der Waals surface area contributed by atoms with Gasteiger partial charge in [0.15, 0.2) is 0 Å². The molecule has 108 valence electrons. The van der Waals surface area contributed by atoms with Crippen molar-refractivity contribution in [1.29, 1.82) is 0 Å². The Morgan fingerprint density at radius 1 is 1.05 bits per heavy atom. The van der Waals surface area contributed by atoms with Crippen LogP contribution in [0.5, 0.6) is 0 Å². The van der Waals surface area contributed by atoms with Crippen LogP contribution >= 0.6 is 0 Å². The fourth-order valence-electron chi connectivity index (χ4n) is 1.55. The van der Waals surface area contributed by atoms with Gasteiger partial charge in [-0.1, -0.05) is 12.1 Å². The van der Waals surface area contributed by atoms with Gasteiger partial charge >= 0.3 is 11.8 Å². The first-order chi connectivity index (χ1) is 10.1. The summed E-state index contributed by atoms with van der Waals surface area (Å²) in [5.74, 6) is -4.06. The van der Waals surface area contributed by atoms with Crippen LogP contribution in [0.25, 0.3) is 0 Å². The first-order valence-electron chi connectivity index (χ1n) is 6.00. The van der Waals surface area contributed by atoms with Crippen LogP contribution in [0.2, 0.25) is 0 Å². The lowest BCUT2D eigenvalue weighted by atomic mass is 10.2. The highest BCUT2D eigenvalue weighted by Crippen LogP contribution is 2.17. The number of carbonyl (C=O) groups is 2. The van der Waals surface area contributed by atoms with Crippen LogP contribution in [0.3, 0.4) is 0 Å². The summed E-state index contributed by atoms with van der Waals surface area (Å²) in [4.78, 5) is 27.0. The predicted molar refractivity (Wildman–Crippen MR) is 71.1 cm³/mol. The van der Waals surface area contributed by atoms with Crippen LogP contribution in [0.1, 0.15) is 5.56 Å². The second-order valence-electron chi connectivity index (χ2n) is 4.09. The van der Waals surface area contributed by atoms with E-state index in [0.717, 1.165) is 18.2 Å². The standard InChI is InChI=1S/C14H11F2N3O2/c15-10-4-1-5-11(16)12(10)19-14(21)13(20)18-8-9-3-2-6-17-7-9/h1-7H,8H2,(H,18,20)(H,19,21). The zero-order valence-corrected chi connectivity index (χ0v) is 10.8. The van der Waals surface area contributed by atoms with E-state index in [9.17, 15) is 18.4 Å². The lowest BCUT2D eigenvalue weighted by Crippen LogP contribution is -2.35. The Balaban J connectivity index is 1.96. The fraction of sp³-hybridized carbons (Fsp3) is 0.0714. The van der Waals surface area contributed by atoms with E-state index < -0.39 is 29.1 Å². The van der Waals surface area contributed by atoms with Crippen LogP contribution in [0.15, 0.2) is 42.7 Å². The monoisotopic (exact) mass is 291 g/mol. The number of pyridine rings is 1. The largest absolute Gasteiger partial charge is 0.344 e. The van der Waals surface area contributed by atoms with Crippen LogP contribution in [0, 0.1) is 11.6 Å². The summed E-state index contributed by atoms with van der Waals surface area (Å²) >= 11 is 0. The number of nitrogens with one attached hydrogen (secondary N) is 2. The molecule has 0 spiro atoms. The fourth-order valence-corrected chi connectivity index (χ4v) is 1.55. The smallest absolute Gasteiger partial charge is 0.313 e. The van der Waals surface area contributed by atoms with Crippen molar-refractivity contribution in [3.8, 4) is 0 Å². The van der Waals surface area contributed by atoms with E-state index in [4.69, 9.17) is 0 Å². The summed E-state index contributed by atoms with van der Waals surface area (Å²) in [5, 5.41) is 4.22. The summed E-state index contributed by atoms with van der Waals surface area (Å²) < 4.78 is 26.7. The summed E-state index contributed by atoms with van der Waals surface area (Å²) in [6.07, 6.45) is 3.09. The molecule has 0 saturated heterocycles. The van der Waals surface area contributed by atoms with Gasteiger partial charge in [0.1, 0.15) is 17.3 Å². The van der Waals surface area contributed by atoms with Crippen molar-refractivity contribution >= 4 is 17.5 Å². The van der Waals surface area contributed by atoms with E-state index >= 15 is 0 Å². The number of aromatic nitrogens is 1. The maximum atomic E-state index is 13.3. The first kappa shape index (κ1) is 14.6. The molecule has 0 aliphatic rings. The topological polar surface area (TPSA) is 71.1 Å². The molecular formula is C14H11F2N3O2. The molecule has 2 amide bonds. The van der Waals surface area contributed by atoms with Gasteiger partial charge in [-0.2, -0.15) is 0 Å². The van der Waals surface area contributed by atoms with Crippen LogP contribution in [0.4, 0.5) is 14.5 Å². The van der Waals surface area contributed by atoms with Gasteiger partial charge in [0.25, 0.3) is 0 Å². The molecule has 1 heterocycles. The molecule has 2 aromatic rings. The summed E-state index contributed by atoms with van der Waals surface area (Å²) in [6, 6.07) is 6.50. The molecule has 0 radical (unpaired) electrons. The molecule has 0 fully saturated rings. The Kier molecular flexibility index (Phi) is 4.55. The number of hydrogen-bond acceptors (Lipinski definition) is 3. The minimum Gasteiger partial charge on any atom is -0.344 e. The first-order valence-corrected chi connectivity index (χ1v) is 6.00. The number of rotatable bonds is 3. The molecule has 0 unspecified atom stereocenters. The van der Waals surface area contributed by atoms with Crippen molar-refractivity contribution in [1.82, 2.24) is 10.3 Å². The highest BCUT2D eigenvalue weighted by Gasteiger charge is 2.17. The average Bonchev–Trinajstić information content (AvgIpc) is 2.49. The van der Waals surface area contributed by atoms with Gasteiger partial charge in [0, 0.05) is 18.9 Å². The number of amides is 2. The molecule has 0 aliphatic heterocycles. The Labute approximate surface area is 119 Å². The van der Waals surface area contributed by atoms with Gasteiger partial charge in [-0.25, -0.2) is 8.78 Å². The third kappa shape index (κ3) is 3.82. The number of halogens is 2. The third-order valence-corrected chi connectivity index (χ3v) is 2.58. The molecule has 21 heavy (non-hydrogen) atoms. The summed E-state index contributed by atoms with van der Waals surface area (Å²) in [6.45, 7) is 0.0832. The lowest BCUT2D eigenvalue weighted by molar-refractivity contribution is -0.136. The summed E-state index contributed by atoms with van der Waals surface area (Å²) in [7, 11) is 0. The Morgan fingerprint density at radius 2 is 1.76 bits per heavy atom. The van der Waals surface area contributed by atoms with Crippen molar-refractivity contribution in [3.05, 3.63) is 59.9 Å². The number of carbonyl (C=O) groups excluding carboxylic acids is 2. The number of para-hydroxylation sites is 1. The van der Waals surface area contributed by atoms with Gasteiger partial charge in [-0.3, -0.25) is 14.6 Å². The maximum Gasteiger partial charge on any atom is 0.313 e. The SMILES string of the molecule is O=C(NCc1cccnc1)C(=O)Nc1c(F)cccc1F. The molecule has 2 rings (SSSR count). The molecule has 7 heteroatoms. The Hall–Kier alpha value is -2.83. The molecule has 0 aliphatic carbocycles. The second kappa shape index (κ2) is 6.56. The van der Waals surface area contributed by atoms with Crippen molar-refractivity contribution in [3.63, 3.8) is 0 Å². The number of hydrogen-bond donors (Lipinski definition) is 2. The lowest BCUT2D eigenvalue weighted by Gasteiger charge is -2.08. The minimum absolute atomic E-state index is 0.0832. The minimum atomic E-state index is -1.15. The summed E-state index contributed by atoms with van der Waals surface area (Å²) in [5.41, 5.74) is 0.0368. The van der Waals surface area contributed by atoms with E-state index in [1.54, 1.807) is 18.3 Å². The Morgan fingerprint density at radius 3 is 2.38 bits per heavy atom. The predicted octanol–water partition coefficient (Wildman–Crippen LogP) is 1.61. The van der Waals surface area contributed by atoms with Crippen molar-refractivity contribution in [2.75, 3.05) is 5.32 Å². The van der Waals surface area contributed by atoms with Gasteiger partial charge in [-0.05, 0) is 23.8 Å². The quantitative estimate of drug-likeness (QED) is 0.844. The van der Waals surface area contributed by atoms with E-state index in [1.165, 1.54) is 6.20 Å². The van der Waals surface area contributed by atoms with E-state index in [1.807, 2.05) is 5.32 Å². The molecule has 0 bridgehead atoms. The Bertz CT molecular complexity index is 642. The van der Waals surface area contributed by atoms with Gasteiger partial charge < -0.3 is 10.6 Å². The van der Waals surface area contributed by atoms with Crippen molar-refractivity contribution in [2.24, 2.45) is 0 Å². The van der Waals surface area contributed by atoms with E-state index in [-0.39, 0.29) is 6.54 Å². The zero-order valence-electron chi connectivity index (χ0n) is 10.8. The highest BCUT2D eigenvalue weighted by atomic mass is 19.1. The average molecular weight is 291 g/mol. The van der Waals surface area contributed by atoms with Crippen LogP contribution in [-0.2, 0) is 16.1 Å². The molecule has 2 N–H and O–H groups in total. The normalized spacial score (nSPS) is 10.0. The van der Waals surface area contributed by atoms with Crippen LogP contribution in [-0.4, -0.2) is 16.8 Å². The molecule has 0 saturated carbocycles. The number of nitrogens with zero attached hydrogens (tertiary/aromatic N) is 1. The van der Waals surface area contributed by atoms with Crippen molar-refractivity contribution < 1.29 is 18.4 Å². The highest BCUT2D eigenvalue weighted by molar-refractivity contribution is 6.39. The maximum absolute atomic E-state index is 13.3. The third-order valence-electron chi connectivity index (χ3n) is 2.58. The van der Waals surface area contributed by atoms with E-state index in [2.05, 4.69) is 10.3 Å².